The van der Waals surface area contributed by atoms with Gasteiger partial charge in [-0.3, -0.25) is 4.79 Å². The van der Waals surface area contributed by atoms with Crippen molar-refractivity contribution >= 4 is 17.4 Å². The van der Waals surface area contributed by atoms with E-state index in [1.54, 1.807) is 23.8 Å². The Labute approximate surface area is 156 Å². The quantitative estimate of drug-likeness (QED) is 0.763. The molecule has 140 valence electrons. The van der Waals surface area contributed by atoms with Gasteiger partial charge in [0.25, 0.3) is 0 Å². The highest BCUT2D eigenvalue weighted by molar-refractivity contribution is 5.79. The van der Waals surface area contributed by atoms with E-state index in [-0.39, 0.29) is 17.6 Å². The van der Waals surface area contributed by atoms with Gasteiger partial charge in [0, 0.05) is 25.6 Å². The predicted octanol–water partition coefficient (Wildman–Crippen LogP) is 2.10. The van der Waals surface area contributed by atoms with E-state index in [1.165, 1.54) is 6.07 Å². The van der Waals surface area contributed by atoms with Crippen LogP contribution in [0.25, 0.3) is 5.65 Å². The average molecular weight is 368 g/mol. The third-order valence-corrected chi connectivity index (χ3v) is 5.04. The van der Waals surface area contributed by atoms with Gasteiger partial charge in [-0.1, -0.05) is 12.1 Å². The van der Waals surface area contributed by atoms with E-state index >= 15 is 0 Å². The van der Waals surface area contributed by atoms with E-state index in [9.17, 15) is 9.18 Å². The van der Waals surface area contributed by atoms with Gasteiger partial charge in [0.2, 0.25) is 5.91 Å². The summed E-state index contributed by atoms with van der Waals surface area (Å²) in [5.74, 6) is 0.608. The van der Waals surface area contributed by atoms with Gasteiger partial charge < -0.3 is 10.2 Å². The lowest BCUT2D eigenvalue weighted by atomic mass is 9.96. The highest BCUT2D eigenvalue weighted by Crippen LogP contribution is 2.22. The van der Waals surface area contributed by atoms with E-state index in [1.807, 2.05) is 18.2 Å². The van der Waals surface area contributed by atoms with Crippen LogP contribution in [-0.4, -0.2) is 38.8 Å². The molecule has 1 fully saturated rings. The Balaban J connectivity index is 1.31. The number of halogens is 1. The van der Waals surface area contributed by atoms with Gasteiger partial charge in [0.15, 0.2) is 5.65 Å². The Hall–Kier alpha value is -3.03. The number of nitrogens with zero attached hydrogens (tertiary/aromatic N) is 5. The summed E-state index contributed by atoms with van der Waals surface area (Å²) in [5.41, 5.74) is 2.09. The van der Waals surface area contributed by atoms with Crippen LogP contribution in [0.2, 0.25) is 0 Å². The summed E-state index contributed by atoms with van der Waals surface area (Å²) >= 11 is 0. The number of carbonyl (C=O) groups excluding carboxylic acids is 1. The van der Waals surface area contributed by atoms with Crippen molar-refractivity contribution in [1.82, 2.24) is 25.1 Å². The Kier molecular flexibility index (Phi) is 4.70. The lowest BCUT2D eigenvalue weighted by molar-refractivity contribution is -0.125. The van der Waals surface area contributed by atoms with Crippen molar-refractivity contribution < 1.29 is 9.18 Å². The monoisotopic (exact) mass is 368 g/mol. The van der Waals surface area contributed by atoms with Crippen molar-refractivity contribution in [3.05, 3.63) is 53.6 Å². The first-order chi connectivity index (χ1) is 13.1. The number of anilines is 1. The topological polar surface area (TPSA) is 75.4 Å². The van der Waals surface area contributed by atoms with Crippen molar-refractivity contribution in [3.8, 4) is 0 Å². The van der Waals surface area contributed by atoms with Gasteiger partial charge in [-0.15, -0.1) is 15.3 Å². The SMILES string of the molecule is Cc1ccc(CNC(=O)C2CCN(c3ccc4nncn4n3)CC2)cc1F. The van der Waals surface area contributed by atoms with Gasteiger partial charge in [0.1, 0.15) is 18.0 Å². The normalized spacial score (nSPS) is 15.3. The van der Waals surface area contributed by atoms with Crippen LogP contribution in [0, 0.1) is 18.7 Å². The smallest absolute Gasteiger partial charge is 0.223 e. The maximum absolute atomic E-state index is 13.6. The van der Waals surface area contributed by atoms with E-state index in [0.29, 0.717) is 17.8 Å². The molecular formula is C19H21FN6O. The fraction of sp³-hybridized carbons (Fsp3) is 0.368. The number of carbonyl (C=O) groups is 1. The summed E-state index contributed by atoms with van der Waals surface area (Å²) in [6.07, 6.45) is 3.10. The molecule has 0 aliphatic carbocycles. The lowest BCUT2D eigenvalue weighted by Crippen LogP contribution is -2.40. The minimum absolute atomic E-state index is 0.0258. The molecule has 7 nitrogen and oxygen atoms in total. The number of aromatic nitrogens is 4. The molecule has 1 amide bonds. The summed E-state index contributed by atoms with van der Waals surface area (Å²) in [7, 11) is 0. The second-order valence-electron chi connectivity index (χ2n) is 6.89. The highest BCUT2D eigenvalue weighted by Gasteiger charge is 2.25. The molecule has 1 aliphatic heterocycles. The van der Waals surface area contributed by atoms with Gasteiger partial charge in [-0.05, 0) is 49.1 Å². The molecule has 0 atom stereocenters. The maximum Gasteiger partial charge on any atom is 0.223 e. The number of nitrogens with one attached hydrogen (secondary N) is 1. The molecule has 1 saturated heterocycles. The van der Waals surface area contributed by atoms with Gasteiger partial charge in [-0.25, -0.2) is 4.39 Å². The Morgan fingerprint density at radius 2 is 2.07 bits per heavy atom. The lowest BCUT2D eigenvalue weighted by Gasteiger charge is -2.32. The zero-order chi connectivity index (χ0) is 18.8. The molecule has 8 heteroatoms. The number of aryl methyl sites for hydroxylation is 1. The Morgan fingerprint density at radius 1 is 1.26 bits per heavy atom. The molecule has 0 saturated carbocycles. The molecule has 0 spiro atoms. The first-order valence-electron chi connectivity index (χ1n) is 9.05. The molecule has 2 aromatic heterocycles. The molecule has 1 N–H and O–H groups in total. The third-order valence-electron chi connectivity index (χ3n) is 5.04. The zero-order valence-corrected chi connectivity index (χ0v) is 15.1. The number of hydrogen-bond donors (Lipinski definition) is 1. The van der Waals surface area contributed by atoms with Crippen LogP contribution >= 0.6 is 0 Å². The standard InChI is InChI=1S/C19H21FN6O/c1-13-2-3-14(10-16(13)20)11-21-19(27)15-6-8-25(9-7-15)18-5-4-17-23-22-12-26(17)24-18/h2-5,10,12,15H,6-9,11H2,1H3,(H,21,27). The first kappa shape index (κ1) is 17.4. The number of benzene rings is 1. The van der Waals surface area contributed by atoms with Gasteiger partial charge in [-0.2, -0.15) is 4.52 Å². The number of rotatable bonds is 4. The molecule has 4 rings (SSSR count). The van der Waals surface area contributed by atoms with Crippen LogP contribution < -0.4 is 10.2 Å². The van der Waals surface area contributed by atoms with E-state index in [2.05, 4.69) is 25.5 Å². The molecule has 3 heterocycles. The first-order valence-corrected chi connectivity index (χ1v) is 9.05. The highest BCUT2D eigenvalue weighted by atomic mass is 19.1. The Bertz CT molecular complexity index is 964. The van der Waals surface area contributed by atoms with Crippen molar-refractivity contribution in [3.63, 3.8) is 0 Å². The molecule has 0 radical (unpaired) electrons. The largest absolute Gasteiger partial charge is 0.355 e. The number of amides is 1. The van der Waals surface area contributed by atoms with E-state index < -0.39 is 0 Å². The molecule has 3 aromatic rings. The van der Waals surface area contributed by atoms with Crippen molar-refractivity contribution in [2.24, 2.45) is 5.92 Å². The summed E-state index contributed by atoms with van der Waals surface area (Å²) in [4.78, 5) is 14.6. The third kappa shape index (κ3) is 3.74. The predicted molar refractivity (Wildman–Crippen MR) is 98.7 cm³/mol. The van der Waals surface area contributed by atoms with E-state index in [0.717, 1.165) is 37.3 Å². The van der Waals surface area contributed by atoms with Gasteiger partial charge >= 0.3 is 0 Å². The fourth-order valence-corrected chi connectivity index (χ4v) is 3.34. The van der Waals surface area contributed by atoms with Crippen molar-refractivity contribution in [2.75, 3.05) is 18.0 Å². The molecule has 1 aromatic carbocycles. The second-order valence-corrected chi connectivity index (χ2v) is 6.89. The van der Waals surface area contributed by atoms with Crippen molar-refractivity contribution in [1.29, 1.82) is 0 Å². The number of hydrogen-bond acceptors (Lipinski definition) is 5. The zero-order valence-electron chi connectivity index (χ0n) is 15.1. The van der Waals surface area contributed by atoms with Crippen LogP contribution in [-0.2, 0) is 11.3 Å². The van der Waals surface area contributed by atoms with Crippen LogP contribution in [0.4, 0.5) is 10.2 Å². The van der Waals surface area contributed by atoms with E-state index in [4.69, 9.17) is 0 Å². The summed E-state index contributed by atoms with van der Waals surface area (Å²) in [5, 5.41) is 15.2. The molecular weight excluding hydrogens is 347 g/mol. The minimum atomic E-state index is -0.243. The Morgan fingerprint density at radius 3 is 2.85 bits per heavy atom. The average Bonchev–Trinajstić information content (AvgIpc) is 3.16. The molecule has 27 heavy (non-hydrogen) atoms. The van der Waals surface area contributed by atoms with Crippen LogP contribution in [0.15, 0.2) is 36.7 Å². The summed E-state index contributed by atoms with van der Waals surface area (Å²) in [6.45, 7) is 3.60. The van der Waals surface area contributed by atoms with Crippen LogP contribution in [0.5, 0.6) is 0 Å². The van der Waals surface area contributed by atoms with Crippen molar-refractivity contribution in [2.45, 2.75) is 26.3 Å². The summed E-state index contributed by atoms with van der Waals surface area (Å²) < 4.78 is 15.3. The second kappa shape index (κ2) is 7.30. The molecule has 0 unspecified atom stereocenters. The number of fused-ring (bicyclic) bond motifs is 1. The molecule has 0 bridgehead atoms. The number of piperidine rings is 1. The molecule has 1 aliphatic rings. The van der Waals surface area contributed by atoms with Crippen LogP contribution in [0.3, 0.4) is 0 Å². The van der Waals surface area contributed by atoms with Gasteiger partial charge in [0.05, 0.1) is 0 Å². The fourth-order valence-electron chi connectivity index (χ4n) is 3.34. The minimum Gasteiger partial charge on any atom is -0.355 e. The summed E-state index contributed by atoms with van der Waals surface area (Å²) in [6, 6.07) is 8.86. The maximum atomic E-state index is 13.6. The van der Waals surface area contributed by atoms with Crippen LogP contribution in [0.1, 0.15) is 24.0 Å².